The Kier molecular flexibility index (Phi) is 7.35. The van der Waals surface area contributed by atoms with Crippen LogP contribution in [-0.2, 0) is 30.2 Å². The van der Waals surface area contributed by atoms with E-state index in [4.69, 9.17) is 4.74 Å². The molecule has 2 aromatic rings. The quantitative estimate of drug-likeness (QED) is 0.244. The van der Waals surface area contributed by atoms with E-state index in [1.807, 2.05) is 0 Å². The highest BCUT2D eigenvalue weighted by Crippen LogP contribution is 2.34. The number of sulfone groups is 1. The van der Waals surface area contributed by atoms with Gasteiger partial charge in [0, 0.05) is 6.07 Å². The van der Waals surface area contributed by atoms with Crippen LogP contribution in [0.15, 0.2) is 52.3 Å². The van der Waals surface area contributed by atoms with Crippen molar-refractivity contribution >= 4 is 38.3 Å². The Labute approximate surface area is 180 Å². The molecule has 2 rings (SSSR count). The van der Waals surface area contributed by atoms with E-state index in [9.17, 15) is 45.5 Å². The van der Waals surface area contributed by atoms with Crippen LogP contribution in [0.25, 0.3) is 0 Å². The average Bonchev–Trinajstić information content (AvgIpc) is 2.72. The van der Waals surface area contributed by atoms with E-state index in [0.29, 0.717) is 12.1 Å². The second-order valence-electron chi connectivity index (χ2n) is 5.82. The lowest BCUT2D eigenvalue weighted by atomic mass is 10.2. The minimum Gasteiger partial charge on any atom is -0.465 e. The number of rotatable bonds is 7. The van der Waals surface area contributed by atoms with E-state index in [2.05, 4.69) is 4.74 Å². The molecule has 1 atom stereocenters. The fourth-order valence-electron chi connectivity index (χ4n) is 2.26. The van der Waals surface area contributed by atoms with Crippen LogP contribution in [0.3, 0.4) is 0 Å². The number of esters is 2. The van der Waals surface area contributed by atoms with Crippen LogP contribution in [0.5, 0.6) is 5.75 Å². The zero-order chi connectivity index (χ0) is 24.3. The highest BCUT2D eigenvalue weighted by molar-refractivity contribution is 7.92. The molecule has 0 amide bonds. The normalized spacial score (nSPS) is 12.6. The summed E-state index contributed by atoms with van der Waals surface area (Å²) < 4.78 is 82.7. The molecule has 0 aliphatic heterocycles. The Balaban J connectivity index is 2.23. The highest BCUT2D eigenvalue weighted by Gasteiger charge is 2.47. The van der Waals surface area contributed by atoms with Gasteiger partial charge in [0.25, 0.3) is 15.5 Å². The van der Waals surface area contributed by atoms with Gasteiger partial charge in [-0.3, -0.25) is 19.1 Å². The van der Waals surface area contributed by atoms with Gasteiger partial charge >= 0.3 is 17.4 Å². The number of halogens is 3. The molecule has 0 bridgehead atoms. The van der Waals surface area contributed by atoms with Gasteiger partial charge in [-0.05, 0) is 36.4 Å². The molecular weight excluding hydrogens is 483 g/mol. The van der Waals surface area contributed by atoms with Gasteiger partial charge in [0.15, 0.2) is 0 Å². The maximum Gasteiger partial charge on any atom is 0.501 e. The van der Waals surface area contributed by atoms with Gasteiger partial charge in [-0.15, -0.1) is 0 Å². The summed E-state index contributed by atoms with van der Waals surface area (Å²) in [5, 5.41) is 11.2. The molecule has 0 spiro atoms. The third kappa shape index (κ3) is 5.47. The van der Waals surface area contributed by atoms with Crippen molar-refractivity contribution in [2.45, 2.75) is 15.3 Å². The number of hydrogen-bond acceptors (Lipinski definition) is 9. The summed E-state index contributed by atoms with van der Waals surface area (Å²) in [6, 6.07) is 6.09. The van der Waals surface area contributed by atoms with E-state index < -0.39 is 64.2 Å². The summed E-state index contributed by atoms with van der Waals surface area (Å²) >= 11 is 0. The number of ether oxygens (including phenoxy) is 2. The van der Waals surface area contributed by atoms with Crippen molar-refractivity contribution in [3.05, 3.63) is 58.1 Å². The first-order valence-corrected chi connectivity index (χ1v) is 11.0. The number of hydrogen-bond donors (Lipinski definition) is 0. The van der Waals surface area contributed by atoms with Crippen LogP contribution in [0.1, 0.15) is 10.4 Å². The molecule has 0 saturated carbocycles. The van der Waals surface area contributed by atoms with Crippen LogP contribution < -0.4 is 4.74 Å². The molecule has 172 valence electrons. The van der Waals surface area contributed by atoms with Gasteiger partial charge in [0.1, 0.15) is 16.4 Å². The maximum atomic E-state index is 12.7. The van der Waals surface area contributed by atoms with Crippen molar-refractivity contribution in [2.75, 3.05) is 12.9 Å². The molecule has 0 saturated heterocycles. The van der Waals surface area contributed by atoms with Crippen LogP contribution >= 0.6 is 0 Å². The largest absolute Gasteiger partial charge is 0.501 e. The summed E-state index contributed by atoms with van der Waals surface area (Å²) in [5.41, 5.74) is -6.72. The molecule has 0 N–H and O–H groups in total. The SMILES string of the molecule is COC(=O)c1ccc(OC(=O)C[S@](=O)c2ccc(S(=O)(=O)C(F)(F)F)cc2[N+](=O)[O-])cc1. The predicted molar refractivity (Wildman–Crippen MR) is 101 cm³/mol. The minimum atomic E-state index is -5.88. The molecule has 10 nitrogen and oxygen atoms in total. The fourth-order valence-corrected chi connectivity index (χ4v) is 4.05. The van der Waals surface area contributed by atoms with E-state index >= 15 is 0 Å². The molecule has 0 heterocycles. The van der Waals surface area contributed by atoms with E-state index in [0.717, 1.165) is 7.11 Å². The van der Waals surface area contributed by atoms with Crippen LogP contribution in [0.2, 0.25) is 0 Å². The number of nitro benzene ring substituents is 1. The van der Waals surface area contributed by atoms with Crippen LogP contribution in [0, 0.1) is 10.1 Å². The van der Waals surface area contributed by atoms with E-state index in [-0.39, 0.29) is 17.4 Å². The number of carbonyl (C=O) groups excluding carboxylic acids is 2. The number of methoxy groups -OCH3 is 1. The molecule has 0 aliphatic carbocycles. The maximum absolute atomic E-state index is 12.7. The van der Waals surface area contributed by atoms with Crippen molar-refractivity contribution < 1.29 is 49.8 Å². The number of nitro groups is 1. The average molecular weight is 495 g/mol. The van der Waals surface area contributed by atoms with Crippen molar-refractivity contribution in [1.82, 2.24) is 0 Å². The Bertz CT molecular complexity index is 1190. The van der Waals surface area contributed by atoms with Crippen molar-refractivity contribution in [3.8, 4) is 5.75 Å². The predicted octanol–water partition coefficient (Wildman–Crippen LogP) is 2.39. The smallest absolute Gasteiger partial charge is 0.465 e. The molecule has 0 radical (unpaired) electrons. The van der Waals surface area contributed by atoms with E-state index in [1.54, 1.807) is 0 Å². The Morgan fingerprint density at radius 1 is 1.12 bits per heavy atom. The lowest BCUT2D eigenvalue weighted by Crippen LogP contribution is -2.23. The van der Waals surface area contributed by atoms with Crippen LogP contribution in [0.4, 0.5) is 18.9 Å². The van der Waals surface area contributed by atoms with E-state index in [1.165, 1.54) is 24.3 Å². The summed E-state index contributed by atoms with van der Waals surface area (Å²) in [6.07, 6.45) is 0. The van der Waals surface area contributed by atoms with Crippen LogP contribution in [-0.4, -0.2) is 47.9 Å². The van der Waals surface area contributed by atoms with Gasteiger partial charge in [-0.1, -0.05) is 0 Å². The summed E-state index contributed by atoms with van der Waals surface area (Å²) in [5.74, 6) is -2.74. The molecule has 0 aromatic heterocycles. The summed E-state index contributed by atoms with van der Waals surface area (Å²) in [6.45, 7) is 0. The molecule has 2 aromatic carbocycles. The topological polar surface area (TPSA) is 147 Å². The Hall–Kier alpha value is -3.33. The van der Waals surface area contributed by atoms with Gasteiger partial charge in [-0.2, -0.15) is 13.2 Å². The monoisotopic (exact) mass is 495 g/mol. The zero-order valence-electron chi connectivity index (χ0n) is 15.8. The third-order valence-electron chi connectivity index (χ3n) is 3.74. The lowest BCUT2D eigenvalue weighted by Gasteiger charge is -2.09. The van der Waals surface area contributed by atoms with Gasteiger partial charge in [-0.25, -0.2) is 13.2 Å². The van der Waals surface area contributed by atoms with Crippen molar-refractivity contribution in [2.24, 2.45) is 0 Å². The Morgan fingerprint density at radius 3 is 2.22 bits per heavy atom. The molecule has 0 fully saturated rings. The third-order valence-corrected chi connectivity index (χ3v) is 6.56. The molecule has 0 aliphatic rings. The standard InChI is InChI=1S/C17H12F3NO9S2/c1-29-16(23)10-2-4-11(5-3-10)30-15(22)9-31(26)14-7-6-12(8-13(14)21(24)25)32(27,28)17(18,19)20/h2-8H,9H2,1H3/t31-/m0/s1. The highest BCUT2D eigenvalue weighted by atomic mass is 32.2. The zero-order valence-corrected chi connectivity index (χ0v) is 17.5. The van der Waals surface area contributed by atoms with Crippen molar-refractivity contribution in [1.29, 1.82) is 0 Å². The first-order chi connectivity index (χ1) is 14.8. The summed E-state index contributed by atoms with van der Waals surface area (Å²) in [4.78, 5) is 31.2. The molecule has 15 heteroatoms. The molecule has 0 unspecified atom stereocenters. The number of carbonyl (C=O) groups is 2. The second kappa shape index (κ2) is 9.44. The minimum absolute atomic E-state index is 0.0548. The number of alkyl halides is 3. The first-order valence-electron chi connectivity index (χ1n) is 8.15. The Morgan fingerprint density at radius 2 is 1.72 bits per heavy atom. The second-order valence-corrected chi connectivity index (χ2v) is 9.18. The fraction of sp³-hybridized carbons (Fsp3) is 0.176. The first kappa shape index (κ1) is 24.9. The molecular formula is C17H12F3NO9S2. The summed E-state index contributed by atoms with van der Waals surface area (Å²) in [7, 11) is -7.17. The number of nitrogens with zero attached hydrogens (tertiary/aromatic N) is 1. The van der Waals surface area contributed by atoms with Gasteiger partial charge < -0.3 is 9.47 Å². The van der Waals surface area contributed by atoms with Gasteiger partial charge in [0.2, 0.25) is 0 Å². The van der Waals surface area contributed by atoms with Gasteiger partial charge in [0.05, 0.1) is 33.3 Å². The molecule has 32 heavy (non-hydrogen) atoms. The lowest BCUT2D eigenvalue weighted by molar-refractivity contribution is -0.388. The van der Waals surface area contributed by atoms with Crippen molar-refractivity contribution in [3.63, 3.8) is 0 Å². The number of benzene rings is 2.